The standard InChI is InChI=1S/C9H11IN4O2/c10-7-8(12-5-13-9(7)16)14-3-1-6(15)11-2-4-14/h5H,1-4H2,(H,11,15)(H,12,13,16). The number of H-pyrrole nitrogens is 1. The molecule has 0 radical (unpaired) electrons. The highest BCUT2D eigenvalue weighted by atomic mass is 127. The zero-order valence-corrected chi connectivity index (χ0v) is 10.7. The van der Waals surface area contributed by atoms with E-state index < -0.39 is 0 Å². The Morgan fingerprint density at radius 1 is 1.38 bits per heavy atom. The zero-order valence-electron chi connectivity index (χ0n) is 8.49. The van der Waals surface area contributed by atoms with Gasteiger partial charge in [0, 0.05) is 26.1 Å². The second-order valence-corrected chi connectivity index (χ2v) is 4.53. The first kappa shape index (κ1) is 11.4. The lowest BCUT2D eigenvalue weighted by atomic mass is 10.3. The van der Waals surface area contributed by atoms with Crippen LogP contribution in [0.3, 0.4) is 0 Å². The molecule has 0 aromatic carbocycles. The Kier molecular flexibility index (Phi) is 3.42. The van der Waals surface area contributed by atoms with Crippen LogP contribution in [0.4, 0.5) is 5.82 Å². The van der Waals surface area contributed by atoms with E-state index in [2.05, 4.69) is 15.3 Å². The normalized spacial score (nSPS) is 16.8. The largest absolute Gasteiger partial charge is 0.354 e. The minimum atomic E-state index is -0.144. The molecule has 1 amide bonds. The van der Waals surface area contributed by atoms with Crippen LogP contribution in [0.1, 0.15) is 6.42 Å². The lowest BCUT2D eigenvalue weighted by Gasteiger charge is -2.20. The second kappa shape index (κ2) is 4.81. The van der Waals surface area contributed by atoms with Gasteiger partial charge in [0.05, 0.1) is 6.33 Å². The molecule has 1 fully saturated rings. The summed E-state index contributed by atoms with van der Waals surface area (Å²) in [7, 11) is 0. The minimum absolute atomic E-state index is 0.0438. The summed E-state index contributed by atoms with van der Waals surface area (Å²) in [6.07, 6.45) is 1.82. The number of anilines is 1. The van der Waals surface area contributed by atoms with Crippen molar-refractivity contribution in [1.82, 2.24) is 15.3 Å². The lowest BCUT2D eigenvalue weighted by Crippen LogP contribution is -2.31. The van der Waals surface area contributed by atoms with Crippen molar-refractivity contribution in [1.29, 1.82) is 0 Å². The number of aromatic amines is 1. The summed E-state index contributed by atoms with van der Waals surface area (Å²) in [6, 6.07) is 0. The summed E-state index contributed by atoms with van der Waals surface area (Å²) < 4.78 is 0.564. The van der Waals surface area contributed by atoms with Crippen LogP contribution in [-0.4, -0.2) is 35.5 Å². The van der Waals surface area contributed by atoms with E-state index in [9.17, 15) is 9.59 Å². The van der Waals surface area contributed by atoms with Crippen LogP contribution in [0.2, 0.25) is 0 Å². The number of carbonyl (C=O) groups excluding carboxylic acids is 1. The first-order valence-electron chi connectivity index (χ1n) is 4.93. The topological polar surface area (TPSA) is 78.1 Å². The maximum Gasteiger partial charge on any atom is 0.266 e. The Labute approximate surface area is 106 Å². The SMILES string of the molecule is O=C1CCN(c2nc[nH]c(=O)c2I)CCN1. The van der Waals surface area contributed by atoms with Gasteiger partial charge in [-0.3, -0.25) is 9.59 Å². The fourth-order valence-electron chi connectivity index (χ4n) is 1.57. The Morgan fingerprint density at radius 2 is 2.19 bits per heavy atom. The van der Waals surface area contributed by atoms with Gasteiger partial charge in [0.15, 0.2) is 0 Å². The Bertz CT molecular complexity index is 459. The third-order valence-electron chi connectivity index (χ3n) is 2.39. The molecule has 1 aliphatic rings. The van der Waals surface area contributed by atoms with Crippen LogP contribution < -0.4 is 15.8 Å². The van der Waals surface area contributed by atoms with Gasteiger partial charge >= 0.3 is 0 Å². The molecule has 0 unspecified atom stereocenters. The van der Waals surface area contributed by atoms with Gasteiger partial charge in [-0.1, -0.05) is 0 Å². The number of hydrogen-bond acceptors (Lipinski definition) is 4. The van der Waals surface area contributed by atoms with Crippen molar-refractivity contribution in [2.45, 2.75) is 6.42 Å². The van der Waals surface area contributed by atoms with Crippen LogP contribution in [0.25, 0.3) is 0 Å². The van der Waals surface area contributed by atoms with Crippen molar-refractivity contribution >= 4 is 34.3 Å². The molecule has 1 saturated heterocycles. The molecule has 1 aliphatic heterocycles. The van der Waals surface area contributed by atoms with E-state index in [4.69, 9.17) is 0 Å². The molecular weight excluding hydrogens is 323 g/mol. The van der Waals surface area contributed by atoms with E-state index in [0.29, 0.717) is 35.4 Å². The van der Waals surface area contributed by atoms with Gasteiger partial charge in [0.25, 0.3) is 5.56 Å². The third kappa shape index (κ3) is 2.34. The lowest BCUT2D eigenvalue weighted by molar-refractivity contribution is -0.120. The van der Waals surface area contributed by atoms with Gasteiger partial charge in [0.1, 0.15) is 9.39 Å². The Morgan fingerprint density at radius 3 is 3.00 bits per heavy atom. The summed E-state index contributed by atoms with van der Waals surface area (Å²) in [5.74, 6) is 0.697. The molecule has 1 aromatic heterocycles. The number of aromatic nitrogens is 2. The van der Waals surface area contributed by atoms with Crippen LogP contribution in [0, 0.1) is 3.57 Å². The van der Waals surface area contributed by atoms with Crippen LogP contribution in [0.5, 0.6) is 0 Å². The van der Waals surface area contributed by atoms with Gasteiger partial charge in [0.2, 0.25) is 5.91 Å². The quantitative estimate of drug-likeness (QED) is 0.692. The number of nitrogens with one attached hydrogen (secondary N) is 2. The van der Waals surface area contributed by atoms with Gasteiger partial charge < -0.3 is 15.2 Å². The Balaban J connectivity index is 2.26. The molecule has 0 atom stereocenters. The predicted octanol–water partition coefficient (Wildman–Crippen LogP) is -0.299. The number of amides is 1. The van der Waals surface area contributed by atoms with Gasteiger partial charge in [-0.25, -0.2) is 4.98 Å². The van der Waals surface area contributed by atoms with Crippen molar-refractivity contribution in [2.24, 2.45) is 0 Å². The van der Waals surface area contributed by atoms with E-state index >= 15 is 0 Å². The molecule has 16 heavy (non-hydrogen) atoms. The van der Waals surface area contributed by atoms with Crippen LogP contribution in [-0.2, 0) is 4.79 Å². The molecule has 0 saturated carbocycles. The fourth-order valence-corrected chi connectivity index (χ4v) is 2.21. The second-order valence-electron chi connectivity index (χ2n) is 3.46. The van der Waals surface area contributed by atoms with Crippen molar-refractivity contribution in [3.8, 4) is 0 Å². The summed E-state index contributed by atoms with van der Waals surface area (Å²) in [5, 5.41) is 2.78. The van der Waals surface area contributed by atoms with E-state index in [1.54, 1.807) is 0 Å². The maximum atomic E-state index is 11.4. The highest BCUT2D eigenvalue weighted by Gasteiger charge is 2.17. The average Bonchev–Trinajstić information content (AvgIpc) is 2.47. The number of hydrogen-bond donors (Lipinski definition) is 2. The van der Waals surface area contributed by atoms with Crippen LogP contribution in [0.15, 0.2) is 11.1 Å². The number of halogens is 1. The van der Waals surface area contributed by atoms with E-state index in [-0.39, 0.29) is 11.5 Å². The first-order chi connectivity index (χ1) is 7.68. The molecule has 0 spiro atoms. The average molecular weight is 334 g/mol. The van der Waals surface area contributed by atoms with Crippen molar-refractivity contribution in [3.63, 3.8) is 0 Å². The highest BCUT2D eigenvalue weighted by molar-refractivity contribution is 14.1. The zero-order chi connectivity index (χ0) is 11.5. The van der Waals surface area contributed by atoms with Gasteiger partial charge in [-0.2, -0.15) is 0 Å². The summed E-state index contributed by atoms with van der Waals surface area (Å²) in [6.45, 7) is 1.86. The van der Waals surface area contributed by atoms with E-state index in [1.807, 2.05) is 27.5 Å². The summed E-state index contributed by atoms with van der Waals surface area (Å²) in [4.78, 5) is 31.2. The molecule has 7 heteroatoms. The van der Waals surface area contributed by atoms with Gasteiger partial charge in [-0.05, 0) is 22.6 Å². The summed E-state index contributed by atoms with van der Waals surface area (Å²) in [5.41, 5.74) is -0.144. The number of nitrogens with zero attached hydrogens (tertiary/aromatic N) is 2. The number of carbonyl (C=O) groups is 1. The van der Waals surface area contributed by atoms with Crippen LogP contribution >= 0.6 is 22.6 Å². The molecule has 1 aromatic rings. The predicted molar refractivity (Wildman–Crippen MR) is 67.4 cm³/mol. The molecule has 6 nitrogen and oxygen atoms in total. The number of rotatable bonds is 1. The fraction of sp³-hybridized carbons (Fsp3) is 0.444. The van der Waals surface area contributed by atoms with Crippen molar-refractivity contribution < 1.29 is 4.79 Å². The molecule has 0 aliphatic carbocycles. The molecular formula is C9H11IN4O2. The monoisotopic (exact) mass is 334 g/mol. The molecule has 2 heterocycles. The molecule has 2 rings (SSSR count). The van der Waals surface area contributed by atoms with Gasteiger partial charge in [-0.15, -0.1) is 0 Å². The minimum Gasteiger partial charge on any atom is -0.354 e. The third-order valence-corrected chi connectivity index (χ3v) is 3.36. The molecule has 86 valence electrons. The Hall–Kier alpha value is -1.12. The van der Waals surface area contributed by atoms with E-state index in [1.165, 1.54) is 6.33 Å². The highest BCUT2D eigenvalue weighted by Crippen LogP contribution is 2.15. The molecule has 2 N–H and O–H groups in total. The molecule has 0 bridgehead atoms. The van der Waals surface area contributed by atoms with Crippen molar-refractivity contribution in [2.75, 3.05) is 24.5 Å². The first-order valence-corrected chi connectivity index (χ1v) is 6.01. The van der Waals surface area contributed by atoms with E-state index in [0.717, 1.165) is 0 Å². The smallest absolute Gasteiger partial charge is 0.266 e. The van der Waals surface area contributed by atoms with Crippen molar-refractivity contribution in [3.05, 3.63) is 20.3 Å². The maximum absolute atomic E-state index is 11.4. The summed E-state index contributed by atoms with van der Waals surface area (Å²) >= 11 is 1.97.